The van der Waals surface area contributed by atoms with E-state index in [0.717, 1.165) is 17.0 Å². The summed E-state index contributed by atoms with van der Waals surface area (Å²) in [6.07, 6.45) is 0. The Bertz CT molecular complexity index is 738. The molecule has 0 spiro atoms. The van der Waals surface area contributed by atoms with Gasteiger partial charge in [0, 0.05) is 5.69 Å². The number of amides is 2. The Labute approximate surface area is 128 Å². The SMILES string of the molecule is COc1ccc(NCN2C(=O)c3ccc(C)cc3C2=O)cc1. The van der Waals surface area contributed by atoms with Crippen LogP contribution < -0.4 is 10.1 Å². The van der Waals surface area contributed by atoms with E-state index in [1.807, 2.05) is 37.3 Å². The second-order valence-corrected chi connectivity index (χ2v) is 5.15. The van der Waals surface area contributed by atoms with E-state index in [1.54, 1.807) is 19.2 Å². The molecule has 0 bridgehead atoms. The van der Waals surface area contributed by atoms with Gasteiger partial charge in [-0.2, -0.15) is 0 Å². The Hall–Kier alpha value is -2.82. The van der Waals surface area contributed by atoms with Crippen molar-refractivity contribution in [3.05, 3.63) is 59.2 Å². The predicted octanol–water partition coefficient (Wildman–Crippen LogP) is 2.67. The molecule has 0 aromatic heterocycles. The zero-order valence-electron chi connectivity index (χ0n) is 12.4. The van der Waals surface area contributed by atoms with E-state index in [4.69, 9.17) is 4.74 Å². The fourth-order valence-corrected chi connectivity index (χ4v) is 2.43. The van der Waals surface area contributed by atoms with Crippen molar-refractivity contribution in [2.24, 2.45) is 0 Å². The van der Waals surface area contributed by atoms with Gasteiger partial charge in [0.05, 0.1) is 24.9 Å². The van der Waals surface area contributed by atoms with Crippen LogP contribution in [0.4, 0.5) is 5.69 Å². The minimum Gasteiger partial charge on any atom is -0.497 e. The zero-order chi connectivity index (χ0) is 15.7. The van der Waals surface area contributed by atoms with E-state index in [2.05, 4.69) is 5.32 Å². The molecule has 5 nitrogen and oxygen atoms in total. The van der Waals surface area contributed by atoms with Crippen LogP contribution in [-0.2, 0) is 0 Å². The smallest absolute Gasteiger partial charge is 0.263 e. The summed E-state index contributed by atoms with van der Waals surface area (Å²) in [6.45, 7) is 2.04. The Kier molecular flexibility index (Phi) is 3.55. The van der Waals surface area contributed by atoms with Gasteiger partial charge < -0.3 is 10.1 Å². The topological polar surface area (TPSA) is 58.6 Å². The zero-order valence-corrected chi connectivity index (χ0v) is 12.4. The van der Waals surface area contributed by atoms with Gasteiger partial charge >= 0.3 is 0 Å². The van der Waals surface area contributed by atoms with Gasteiger partial charge in [-0.3, -0.25) is 14.5 Å². The van der Waals surface area contributed by atoms with Gasteiger partial charge in [0.25, 0.3) is 11.8 Å². The van der Waals surface area contributed by atoms with E-state index >= 15 is 0 Å². The molecule has 1 N–H and O–H groups in total. The Balaban J connectivity index is 1.74. The van der Waals surface area contributed by atoms with Crippen LogP contribution in [0.1, 0.15) is 26.3 Å². The highest BCUT2D eigenvalue weighted by Crippen LogP contribution is 2.24. The number of benzene rings is 2. The third-order valence-electron chi connectivity index (χ3n) is 3.66. The lowest BCUT2D eigenvalue weighted by Crippen LogP contribution is -2.34. The summed E-state index contributed by atoms with van der Waals surface area (Å²) in [5, 5.41) is 3.08. The maximum absolute atomic E-state index is 12.3. The first-order valence-electron chi connectivity index (χ1n) is 6.95. The quantitative estimate of drug-likeness (QED) is 0.881. The number of imide groups is 1. The van der Waals surface area contributed by atoms with Crippen LogP contribution in [0.25, 0.3) is 0 Å². The molecule has 0 saturated carbocycles. The maximum atomic E-state index is 12.3. The van der Waals surface area contributed by atoms with E-state index in [0.29, 0.717) is 11.1 Å². The molecule has 0 fully saturated rings. The summed E-state index contributed by atoms with van der Waals surface area (Å²) in [5.74, 6) is 0.229. The fraction of sp³-hybridized carbons (Fsp3) is 0.176. The third-order valence-corrected chi connectivity index (χ3v) is 3.66. The van der Waals surface area contributed by atoms with Crippen molar-refractivity contribution in [1.82, 2.24) is 4.90 Å². The molecular formula is C17H16N2O3. The standard InChI is InChI=1S/C17H16N2O3/c1-11-3-8-14-15(9-11)17(21)19(16(14)20)10-18-12-4-6-13(22-2)7-5-12/h3-9,18H,10H2,1-2H3. The lowest BCUT2D eigenvalue weighted by atomic mass is 10.1. The molecule has 0 radical (unpaired) electrons. The van der Waals surface area contributed by atoms with Gasteiger partial charge in [-0.25, -0.2) is 0 Å². The van der Waals surface area contributed by atoms with Crippen molar-refractivity contribution >= 4 is 17.5 Å². The van der Waals surface area contributed by atoms with Crippen molar-refractivity contribution < 1.29 is 14.3 Å². The molecule has 1 aliphatic heterocycles. The number of fused-ring (bicyclic) bond motifs is 1. The number of aryl methyl sites for hydroxylation is 1. The second-order valence-electron chi connectivity index (χ2n) is 5.15. The van der Waals surface area contributed by atoms with E-state index in [1.165, 1.54) is 4.90 Å². The molecule has 0 unspecified atom stereocenters. The van der Waals surface area contributed by atoms with Gasteiger partial charge in [-0.1, -0.05) is 11.6 Å². The van der Waals surface area contributed by atoms with Gasteiger partial charge in [-0.05, 0) is 43.3 Å². The van der Waals surface area contributed by atoms with Crippen LogP contribution in [-0.4, -0.2) is 30.5 Å². The van der Waals surface area contributed by atoms with Crippen LogP contribution in [0, 0.1) is 6.92 Å². The van der Waals surface area contributed by atoms with Crippen molar-refractivity contribution in [2.75, 3.05) is 19.1 Å². The monoisotopic (exact) mass is 296 g/mol. The molecule has 22 heavy (non-hydrogen) atoms. The number of nitrogens with one attached hydrogen (secondary N) is 1. The molecule has 2 aromatic rings. The normalized spacial score (nSPS) is 13.3. The molecule has 3 rings (SSSR count). The van der Waals surface area contributed by atoms with Crippen LogP contribution in [0.3, 0.4) is 0 Å². The highest BCUT2D eigenvalue weighted by atomic mass is 16.5. The van der Waals surface area contributed by atoms with Gasteiger partial charge in [0.2, 0.25) is 0 Å². The highest BCUT2D eigenvalue weighted by Gasteiger charge is 2.35. The average Bonchev–Trinajstić information content (AvgIpc) is 2.77. The second kappa shape index (κ2) is 5.52. The van der Waals surface area contributed by atoms with Crippen LogP contribution in [0.5, 0.6) is 5.75 Å². The number of hydrogen-bond donors (Lipinski definition) is 1. The van der Waals surface area contributed by atoms with Crippen LogP contribution in [0.15, 0.2) is 42.5 Å². The summed E-state index contributed by atoms with van der Waals surface area (Å²) in [6, 6.07) is 12.6. The first kappa shape index (κ1) is 14.1. The Morgan fingerprint density at radius 1 is 1.00 bits per heavy atom. The van der Waals surface area contributed by atoms with E-state index in [-0.39, 0.29) is 18.5 Å². The number of nitrogens with zero attached hydrogens (tertiary/aromatic N) is 1. The van der Waals surface area contributed by atoms with Gasteiger partial charge in [-0.15, -0.1) is 0 Å². The largest absolute Gasteiger partial charge is 0.497 e. The molecule has 0 saturated heterocycles. The predicted molar refractivity (Wildman–Crippen MR) is 83.2 cm³/mol. The number of anilines is 1. The lowest BCUT2D eigenvalue weighted by molar-refractivity contribution is 0.0666. The highest BCUT2D eigenvalue weighted by molar-refractivity contribution is 6.21. The van der Waals surface area contributed by atoms with Crippen molar-refractivity contribution in [1.29, 1.82) is 0 Å². The van der Waals surface area contributed by atoms with Crippen LogP contribution in [0.2, 0.25) is 0 Å². The van der Waals surface area contributed by atoms with Crippen molar-refractivity contribution in [3.63, 3.8) is 0 Å². The number of carbonyl (C=O) groups excluding carboxylic acids is 2. The van der Waals surface area contributed by atoms with Crippen molar-refractivity contribution in [2.45, 2.75) is 6.92 Å². The minimum atomic E-state index is -0.263. The van der Waals surface area contributed by atoms with Crippen molar-refractivity contribution in [3.8, 4) is 5.75 Å². The molecule has 1 heterocycles. The number of carbonyl (C=O) groups is 2. The third kappa shape index (κ3) is 2.41. The number of ether oxygens (including phenoxy) is 1. The molecule has 5 heteroatoms. The number of methoxy groups -OCH3 is 1. The molecule has 1 aliphatic rings. The molecule has 0 atom stereocenters. The Morgan fingerprint density at radius 3 is 2.36 bits per heavy atom. The first-order chi connectivity index (χ1) is 10.6. The van der Waals surface area contributed by atoms with E-state index in [9.17, 15) is 9.59 Å². The average molecular weight is 296 g/mol. The number of rotatable bonds is 4. The molecular weight excluding hydrogens is 280 g/mol. The molecule has 2 amide bonds. The van der Waals surface area contributed by atoms with E-state index < -0.39 is 0 Å². The lowest BCUT2D eigenvalue weighted by Gasteiger charge is -2.15. The summed E-state index contributed by atoms with van der Waals surface area (Å²) in [7, 11) is 1.60. The van der Waals surface area contributed by atoms with Gasteiger partial charge in [0.15, 0.2) is 0 Å². The molecule has 0 aliphatic carbocycles. The van der Waals surface area contributed by atoms with Gasteiger partial charge in [0.1, 0.15) is 5.75 Å². The summed E-state index contributed by atoms with van der Waals surface area (Å²) >= 11 is 0. The molecule has 2 aromatic carbocycles. The maximum Gasteiger partial charge on any atom is 0.263 e. The minimum absolute atomic E-state index is 0.137. The summed E-state index contributed by atoms with van der Waals surface area (Å²) < 4.78 is 5.09. The Morgan fingerprint density at radius 2 is 1.68 bits per heavy atom. The van der Waals surface area contributed by atoms with Crippen LogP contribution >= 0.6 is 0 Å². The summed E-state index contributed by atoms with van der Waals surface area (Å²) in [4.78, 5) is 25.8. The fourth-order valence-electron chi connectivity index (χ4n) is 2.43. The first-order valence-corrected chi connectivity index (χ1v) is 6.95. The number of hydrogen-bond acceptors (Lipinski definition) is 4. The summed E-state index contributed by atoms with van der Waals surface area (Å²) in [5.41, 5.74) is 2.71. The molecule has 112 valence electrons.